The molecule has 1 amide bonds. The van der Waals surface area contributed by atoms with Crippen molar-refractivity contribution >= 4 is 17.5 Å². The molecule has 1 aliphatic heterocycles. The lowest BCUT2D eigenvalue weighted by Gasteiger charge is -2.36. The average Bonchev–Trinajstić information content (AvgIpc) is 2.40. The van der Waals surface area contributed by atoms with Gasteiger partial charge in [-0.05, 0) is 25.7 Å². The molecule has 0 radical (unpaired) electrons. The molecule has 20 heavy (non-hydrogen) atoms. The van der Waals surface area contributed by atoms with Gasteiger partial charge in [0.2, 0.25) is 5.91 Å². The summed E-state index contributed by atoms with van der Waals surface area (Å²) in [5, 5.41) is 0.489. The molecule has 6 heteroatoms. The van der Waals surface area contributed by atoms with Crippen LogP contribution >= 0.6 is 11.6 Å². The fraction of sp³-hybridized carbons (Fsp3) is 0.643. The predicted octanol–water partition coefficient (Wildman–Crippen LogP) is 2.30. The third kappa shape index (κ3) is 3.03. The van der Waals surface area contributed by atoms with E-state index in [-0.39, 0.29) is 12.0 Å². The number of hydrogen-bond acceptors (Lipinski definition) is 4. The lowest BCUT2D eigenvalue weighted by atomic mass is 9.84. The van der Waals surface area contributed by atoms with E-state index >= 15 is 0 Å². The minimum absolute atomic E-state index is 0.0195. The van der Waals surface area contributed by atoms with Crippen LogP contribution in [-0.4, -0.2) is 40.0 Å². The molecule has 2 heterocycles. The maximum atomic E-state index is 12.2. The molecule has 108 valence electrons. The summed E-state index contributed by atoms with van der Waals surface area (Å²) in [7, 11) is 0. The molecular weight excluding hydrogens is 278 g/mol. The summed E-state index contributed by atoms with van der Waals surface area (Å²) in [6, 6.07) is 0.331. The fourth-order valence-electron chi connectivity index (χ4n) is 2.66. The first kappa shape index (κ1) is 13.6. The highest BCUT2D eigenvalue weighted by molar-refractivity contribution is 6.30. The molecule has 0 unspecified atom stereocenters. The highest BCUT2D eigenvalue weighted by Crippen LogP contribution is 2.29. The van der Waals surface area contributed by atoms with Crippen LogP contribution in [0.1, 0.15) is 32.1 Å². The Kier molecular flexibility index (Phi) is 4.05. The largest absolute Gasteiger partial charge is 0.458 e. The van der Waals surface area contributed by atoms with Crippen LogP contribution in [0.2, 0.25) is 5.02 Å². The smallest absolute Gasteiger partial charge is 0.316 e. The standard InChI is InChI=1S/C14H18ClN3O2/c15-11-7-16-14(17-8-11)20-12-5-2-6-18(9-12)13(19)10-3-1-4-10/h7-8,10,12H,1-6,9H2/t12-/m1/s1. The summed E-state index contributed by atoms with van der Waals surface area (Å²) in [5.74, 6) is 0.544. The zero-order valence-corrected chi connectivity index (χ0v) is 12.1. The van der Waals surface area contributed by atoms with Crippen LogP contribution in [0, 0.1) is 5.92 Å². The second kappa shape index (κ2) is 5.95. The Bertz CT molecular complexity index is 476. The van der Waals surface area contributed by atoms with E-state index in [1.807, 2.05) is 4.90 Å². The van der Waals surface area contributed by atoms with E-state index in [2.05, 4.69) is 9.97 Å². The SMILES string of the molecule is O=C(C1CCC1)N1CCC[C@@H](Oc2ncc(Cl)cn2)C1. The van der Waals surface area contributed by atoms with Crippen molar-refractivity contribution in [3.05, 3.63) is 17.4 Å². The number of rotatable bonds is 3. The third-order valence-electron chi connectivity index (χ3n) is 4.01. The highest BCUT2D eigenvalue weighted by Gasteiger charge is 2.32. The van der Waals surface area contributed by atoms with Crippen molar-refractivity contribution in [2.24, 2.45) is 5.92 Å². The Hall–Kier alpha value is -1.36. The molecule has 1 saturated carbocycles. The number of ether oxygens (including phenoxy) is 1. The first-order chi connectivity index (χ1) is 9.72. The second-order valence-corrected chi connectivity index (χ2v) is 5.91. The van der Waals surface area contributed by atoms with E-state index < -0.39 is 0 Å². The van der Waals surface area contributed by atoms with Gasteiger partial charge >= 0.3 is 6.01 Å². The normalized spacial score (nSPS) is 23.2. The van der Waals surface area contributed by atoms with E-state index in [0.717, 1.165) is 32.2 Å². The van der Waals surface area contributed by atoms with Gasteiger partial charge in [-0.1, -0.05) is 18.0 Å². The van der Waals surface area contributed by atoms with Crippen LogP contribution in [0.25, 0.3) is 0 Å². The van der Waals surface area contributed by atoms with Gasteiger partial charge in [0.05, 0.1) is 24.0 Å². The monoisotopic (exact) mass is 295 g/mol. The quantitative estimate of drug-likeness (QED) is 0.858. The van der Waals surface area contributed by atoms with Crippen molar-refractivity contribution in [2.45, 2.75) is 38.2 Å². The minimum Gasteiger partial charge on any atom is -0.458 e. The molecule has 1 aliphatic carbocycles. The van der Waals surface area contributed by atoms with Crippen LogP contribution in [0.3, 0.4) is 0 Å². The topological polar surface area (TPSA) is 55.3 Å². The molecule has 3 rings (SSSR count). The first-order valence-corrected chi connectivity index (χ1v) is 7.53. The number of hydrogen-bond donors (Lipinski definition) is 0. The number of nitrogens with zero attached hydrogens (tertiary/aromatic N) is 3. The van der Waals surface area contributed by atoms with Gasteiger partial charge < -0.3 is 9.64 Å². The van der Waals surface area contributed by atoms with Crippen molar-refractivity contribution < 1.29 is 9.53 Å². The van der Waals surface area contributed by atoms with E-state index in [4.69, 9.17) is 16.3 Å². The Morgan fingerprint density at radius 1 is 1.25 bits per heavy atom. The van der Waals surface area contributed by atoms with Gasteiger partial charge in [-0.15, -0.1) is 0 Å². The predicted molar refractivity (Wildman–Crippen MR) is 74.6 cm³/mol. The van der Waals surface area contributed by atoms with E-state index in [1.54, 1.807) is 0 Å². The molecule has 1 atom stereocenters. The zero-order chi connectivity index (χ0) is 13.9. The number of halogens is 1. The highest BCUT2D eigenvalue weighted by atomic mass is 35.5. The number of carbonyl (C=O) groups excluding carboxylic acids is 1. The Balaban J connectivity index is 1.57. The second-order valence-electron chi connectivity index (χ2n) is 5.48. The molecule has 0 bridgehead atoms. The van der Waals surface area contributed by atoms with Crippen LogP contribution in [-0.2, 0) is 4.79 Å². The van der Waals surface area contributed by atoms with Gasteiger partial charge in [-0.25, -0.2) is 9.97 Å². The molecule has 2 fully saturated rings. The van der Waals surface area contributed by atoms with E-state index in [9.17, 15) is 4.79 Å². The van der Waals surface area contributed by atoms with Gasteiger partial charge in [-0.2, -0.15) is 0 Å². The van der Waals surface area contributed by atoms with E-state index in [1.165, 1.54) is 18.8 Å². The number of likely N-dealkylation sites (tertiary alicyclic amines) is 1. The summed E-state index contributed by atoms with van der Waals surface area (Å²) in [5.41, 5.74) is 0. The number of amides is 1. The van der Waals surface area contributed by atoms with E-state index in [0.29, 0.717) is 23.5 Å². The Labute approximate surface area is 123 Å². The zero-order valence-electron chi connectivity index (χ0n) is 11.3. The maximum absolute atomic E-state index is 12.2. The maximum Gasteiger partial charge on any atom is 0.316 e. The van der Waals surface area contributed by atoms with Gasteiger partial charge in [0.15, 0.2) is 0 Å². The summed E-state index contributed by atoms with van der Waals surface area (Å²) in [6.45, 7) is 1.48. The van der Waals surface area contributed by atoms with Crippen molar-refractivity contribution in [2.75, 3.05) is 13.1 Å². The molecular formula is C14H18ClN3O2. The lowest BCUT2D eigenvalue weighted by Crippen LogP contribution is -2.47. The molecule has 1 saturated heterocycles. The first-order valence-electron chi connectivity index (χ1n) is 7.15. The van der Waals surface area contributed by atoms with Crippen LogP contribution in [0.4, 0.5) is 0 Å². The molecule has 0 aromatic carbocycles. The summed E-state index contributed by atoms with van der Waals surface area (Å²) in [6.07, 6.45) is 8.19. The van der Waals surface area contributed by atoms with Gasteiger partial charge in [0.25, 0.3) is 0 Å². The van der Waals surface area contributed by atoms with Crippen molar-refractivity contribution in [1.29, 1.82) is 0 Å². The molecule has 0 N–H and O–H groups in total. The molecule has 5 nitrogen and oxygen atoms in total. The molecule has 0 spiro atoms. The molecule has 2 aliphatic rings. The Morgan fingerprint density at radius 2 is 2.00 bits per heavy atom. The summed E-state index contributed by atoms with van der Waals surface area (Å²) < 4.78 is 5.75. The summed E-state index contributed by atoms with van der Waals surface area (Å²) in [4.78, 5) is 22.3. The minimum atomic E-state index is -0.0195. The van der Waals surface area contributed by atoms with Crippen molar-refractivity contribution in [3.8, 4) is 6.01 Å². The molecule has 1 aromatic heterocycles. The third-order valence-corrected chi connectivity index (χ3v) is 4.21. The number of piperidine rings is 1. The van der Waals surface area contributed by atoms with Crippen LogP contribution in [0.5, 0.6) is 6.01 Å². The average molecular weight is 296 g/mol. The lowest BCUT2D eigenvalue weighted by molar-refractivity contribution is -0.140. The van der Waals surface area contributed by atoms with Gasteiger partial charge in [-0.3, -0.25) is 4.79 Å². The number of carbonyl (C=O) groups is 1. The summed E-state index contributed by atoms with van der Waals surface area (Å²) >= 11 is 5.74. The van der Waals surface area contributed by atoms with Crippen molar-refractivity contribution in [1.82, 2.24) is 14.9 Å². The Morgan fingerprint density at radius 3 is 2.65 bits per heavy atom. The fourth-order valence-corrected chi connectivity index (χ4v) is 2.76. The van der Waals surface area contributed by atoms with Gasteiger partial charge in [0.1, 0.15) is 6.10 Å². The number of aromatic nitrogens is 2. The van der Waals surface area contributed by atoms with Crippen LogP contribution in [0.15, 0.2) is 12.4 Å². The van der Waals surface area contributed by atoms with Crippen LogP contribution < -0.4 is 4.74 Å². The molecule has 1 aromatic rings. The van der Waals surface area contributed by atoms with Gasteiger partial charge in [0, 0.05) is 12.5 Å². The van der Waals surface area contributed by atoms with Crippen molar-refractivity contribution in [3.63, 3.8) is 0 Å².